The van der Waals surface area contributed by atoms with Gasteiger partial charge in [-0.15, -0.1) is 0 Å². The molecule has 1 amide bonds. The van der Waals surface area contributed by atoms with Crippen molar-refractivity contribution < 1.29 is 13.6 Å². The predicted molar refractivity (Wildman–Crippen MR) is 110 cm³/mol. The van der Waals surface area contributed by atoms with E-state index in [-0.39, 0.29) is 11.7 Å². The van der Waals surface area contributed by atoms with E-state index >= 15 is 0 Å². The Morgan fingerprint density at radius 1 is 1.07 bits per heavy atom. The summed E-state index contributed by atoms with van der Waals surface area (Å²) in [5.41, 5.74) is 1.48. The SMILES string of the molecule is O=C(CCc1ncc(-c2ccccc2F)o1)N1CCN(c2ccc(Cl)cc2)CC1. The van der Waals surface area contributed by atoms with E-state index in [1.807, 2.05) is 29.2 Å². The summed E-state index contributed by atoms with van der Waals surface area (Å²) in [6, 6.07) is 14.1. The molecule has 2 heterocycles. The summed E-state index contributed by atoms with van der Waals surface area (Å²) in [6.07, 6.45) is 2.21. The van der Waals surface area contributed by atoms with Gasteiger partial charge in [-0.3, -0.25) is 4.79 Å². The van der Waals surface area contributed by atoms with Crippen molar-refractivity contribution in [1.29, 1.82) is 0 Å². The first-order chi connectivity index (χ1) is 14.1. The molecule has 0 atom stereocenters. The van der Waals surface area contributed by atoms with Crippen LogP contribution in [0, 0.1) is 5.82 Å². The minimum atomic E-state index is -0.357. The summed E-state index contributed by atoms with van der Waals surface area (Å²) in [4.78, 5) is 20.9. The predicted octanol–water partition coefficient (Wildman–Crippen LogP) is 4.42. The molecule has 0 saturated carbocycles. The van der Waals surface area contributed by atoms with Gasteiger partial charge in [-0.25, -0.2) is 9.37 Å². The normalized spacial score (nSPS) is 14.3. The standard InChI is InChI=1S/C22H21ClFN3O2/c23-16-5-7-17(8-6-16)26-11-13-27(14-12-26)22(28)10-9-21-25-15-20(29-21)18-3-1-2-4-19(18)24/h1-8,15H,9-14H2. The lowest BCUT2D eigenvalue weighted by molar-refractivity contribution is -0.131. The number of halogens is 2. The number of aromatic nitrogens is 1. The number of hydrogen-bond donors (Lipinski definition) is 0. The highest BCUT2D eigenvalue weighted by Gasteiger charge is 2.21. The van der Waals surface area contributed by atoms with E-state index in [0.717, 1.165) is 18.8 Å². The number of oxazole rings is 1. The molecule has 1 aromatic heterocycles. The highest BCUT2D eigenvalue weighted by atomic mass is 35.5. The van der Waals surface area contributed by atoms with Gasteiger partial charge in [0, 0.05) is 49.7 Å². The number of carbonyl (C=O) groups is 1. The van der Waals surface area contributed by atoms with Crippen LogP contribution in [0.4, 0.5) is 10.1 Å². The fourth-order valence-corrected chi connectivity index (χ4v) is 3.58. The molecule has 1 aliphatic heterocycles. The maximum absolute atomic E-state index is 13.9. The lowest BCUT2D eigenvalue weighted by Crippen LogP contribution is -2.48. The average Bonchev–Trinajstić information content (AvgIpc) is 3.22. The summed E-state index contributed by atoms with van der Waals surface area (Å²) < 4.78 is 19.5. The fourth-order valence-electron chi connectivity index (χ4n) is 3.45. The number of rotatable bonds is 5. The van der Waals surface area contributed by atoms with Crippen molar-refractivity contribution in [3.8, 4) is 11.3 Å². The molecule has 0 radical (unpaired) electrons. The number of amides is 1. The maximum Gasteiger partial charge on any atom is 0.223 e. The van der Waals surface area contributed by atoms with Crippen molar-refractivity contribution in [2.45, 2.75) is 12.8 Å². The van der Waals surface area contributed by atoms with Gasteiger partial charge in [0.25, 0.3) is 0 Å². The molecular formula is C22H21ClFN3O2. The maximum atomic E-state index is 13.9. The zero-order valence-electron chi connectivity index (χ0n) is 15.9. The van der Waals surface area contributed by atoms with E-state index in [1.165, 1.54) is 12.3 Å². The summed E-state index contributed by atoms with van der Waals surface area (Å²) in [5, 5.41) is 0.715. The Morgan fingerprint density at radius 3 is 2.52 bits per heavy atom. The largest absolute Gasteiger partial charge is 0.441 e. The number of hydrogen-bond acceptors (Lipinski definition) is 4. The second-order valence-electron chi connectivity index (χ2n) is 6.94. The molecule has 1 saturated heterocycles. The quantitative estimate of drug-likeness (QED) is 0.621. The number of benzene rings is 2. The molecule has 0 spiro atoms. The van der Waals surface area contributed by atoms with Crippen LogP contribution in [0.2, 0.25) is 5.02 Å². The van der Waals surface area contributed by atoms with Crippen LogP contribution < -0.4 is 4.90 Å². The Balaban J connectivity index is 1.29. The molecule has 5 nitrogen and oxygen atoms in total. The number of aryl methyl sites for hydroxylation is 1. The van der Waals surface area contributed by atoms with Crippen LogP contribution in [-0.2, 0) is 11.2 Å². The third kappa shape index (κ3) is 4.59. The van der Waals surface area contributed by atoms with Crippen molar-refractivity contribution in [3.05, 3.63) is 71.5 Å². The first-order valence-electron chi connectivity index (χ1n) is 9.58. The Labute approximate surface area is 173 Å². The minimum absolute atomic E-state index is 0.0754. The molecule has 0 aliphatic carbocycles. The van der Waals surface area contributed by atoms with Crippen LogP contribution in [0.3, 0.4) is 0 Å². The second kappa shape index (κ2) is 8.66. The smallest absolute Gasteiger partial charge is 0.223 e. The van der Waals surface area contributed by atoms with Gasteiger partial charge in [0.1, 0.15) is 5.82 Å². The molecule has 0 bridgehead atoms. The van der Waals surface area contributed by atoms with Crippen molar-refractivity contribution in [2.75, 3.05) is 31.1 Å². The van der Waals surface area contributed by atoms with Gasteiger partial charge < -0.3 is 14.2 Å². The summed E-state index contributed by atoms with van der Waals surface area (Å²) in [7, 11) is 0. The average molecular weight is 414 g/mol. The number of carbonyl (C=O) groups excluding carboxylic acids is 1. The monoisotopic (exact) mass is 413 g/mol. The Morgan fingerprint density at radius 2 is 1.79 bits per heavy atom. The van der Waals surface area contributed by atoms with Crippen LogP contribution in [0.1, 0.15) is 12.3 Å². The van der Waals surface area contributed by atoms with E-state index in [0.29, 0.717) is 48.2 Å². The van der Waals surface area contributed by atoms with Crippen molar-refractivity contribution in [3.63, 3.8) is 0 Å². The molecule has 7 heteroatoms. The van der Waals surface area contributed by atoms with E-state index in [2.05, 4.69) is 9.88 Å². The second-order valence-corrected chi connectivity index (χ2v) is 7.38. The van der Waals surface area contributed by atoms with Gasteiger partial charge >= 0.3 is 0 Å². The molecule has 1 fully saturated rings. The van der Waals surface area contributed by atoms with E-state index in [9.17, 15) is 9.18 Å². The topological polar surface area (TPSA) is 49.6 Å². The third-order valence-electron chi connectivity index (χ3n) is 5.07. The summed E-state index contributed by atoms with van der Waals surface area (Å²) in [5.74, 6) is 0.537. The Bertz CT molecular complexity index is 982. The number of anilines is 1. The van der Waals surface area contributed by atoms with Crippen LogP contribution in [0.25, 0.3) is 11.3 Å². The molecule has 3 aromatic rings. The van der Waals surface area contributed by atoms with Crippen molar-refractivity contribution in [2.24, 2.45) is 0 Å². The van der Waals surface area contributed by atoms with E-state index in [4.69, 9.17) is 16.0 Å². The Hall–Kier alpha value is -2.86. The van der Waals surface area contributed by atoms with Crippen molar-refractivity contribution in [1.82, 2.24) is 9.88 Å². The molecule has 1 aliphatic rings. The molecule has 4 rings (SSSR count). The van der Waals surface area contributed by atoms with E-state index < -0.39 is 0 Å². The first-order valence-corrected chi connectivity index (χ1v) is 9.96. The number of nitrogens with zero attached hydrogens (tertiary/aromatic N) is 3. The van der Waals surface area contributed by atoms with Crippen LogP contribution in [-0.4, -0.2) is 42.0 Å². The summed E-state index contributed by atoms with van der Waals surface area (Å²) >= 11 is 5.94. The van der Waals surface area contributed by atoms with Gasteiger partial charge in [0.15, 0.2) is 11.7 Å². The van der Waals surface area contributed by atoms with Gasteiger partial charge in [0.2, 0.25) is 5.91 Å². The summed E-state index contributed by atoms with van der Waals surface area (Å²) in [6.45, 7) is 2.91. The zero-order valence-corrected chi connectivity index (χ0v) is 16.6. The molecule has 150 valence electrons. The zero-order chi connectivity index (χ0) is 20.2. The van der Waals surface area contributed by atoms with Gasteiger partial charge in [0.05, 0.1) is 11.8 Å². The lowest BCUT2D eigenvalue weighted by Gasteiger charge is -2.36. The highest BCUT2D eigenvalue weighted by molar-refractivity contribution is 6.30. The molecular weight excluding hydrogens is 393 g/mol. The third-order valence-corrected chi connectivity index (χ3v) is 5.32. The highest BCUT2D eigenvalue weighted by Crippen LogP contribution is 2.24. The molecule has 0 N–H and O–H groups in total. The lowest BCUT2D eigenvalue weighted by atomic mass is 10.2. The number of piperazine rings is 1. The van der Waals surface area contributed by atoms with Crippen LogP contribution in [0.5, 0.6) is 0 Å². The van der Waals surface area contributed by atoms with Crippen LogP contribution >= 0.6 is 11.6 Å². The Kier molecular flexibility index (Phi) is 5.81. The van der Waals surface area contributed by atoms with Gasteiger partial charge in [-0.2, -0.15) is 0 Å². The van der Waals surface area contributed by atoms with Crippen molar-refractivity contribution >= 4 is 23.2 Å². The molecule has 2 aromatic carbocycles. The van der Waals surface area contributed by atoms with E-state index in [1.54, 1.807) is 18.2 Å². The fraction of sp³-hybridized carbons (Fsp3) is 0.273. The first kappa shape index (κ1) is 19.5. The molecule has 29 heavy (non-hydrogen) atoms. The minimum Gasteiger partial charge on any atom is -0.441 e. The molecule has 0 unspecified atom stereocenters. The van der Waals surface area contributed by atoms with Gasteiger partial charge in [-0.05, 0) is 36.4 Å². The van der Waals surface area contributed by atoms with Crippen LogP contribution in [0.15, 0.2) is 59.1 Å². The van der Waals surface area contributed by atoms with Gasteiger partial charge in [-0.1, -0.05) is 23.7 Å².